The summed E-state index contributed by atoms with van der Waals surface area (Å²) >= 11 is 0. The lowest BCUT2D eigenvalue weighted by molar-refractivity contribution is -0.179. The van der Waals surface area contributed by atoms with Crippen LogP contribution in [0.3, 0.4) is 0 Å². The Morgan fingerprint density at radius 3 is 1.87 bits per heavy atom. The Kier molecular flexibility index (Phi) is 14.9. The minimum absolute atomic E-state index is 0.0679. The van der Waals surface area contributed by atoms with E-state index >= 15 is 0 Å². The second kappa shape index (κ2) is 15.2. The highest BCUT2D eigenvalue weighted by atomic mass is 32.2. The smallest absolute Gasteiger partial charge is 0.405 e. The Balaban J connectivity index is 5.07. The molecule has 0 saturated carbocycles. The Bertz CT molecular complexity index is 493. The molecule has 0 aromatic heterocycles. The van der Waals surface area contributed by atoms with Crippen LogP contribution in [0.1, 0.15) is 105 Å². The van der Waals surface area contributed by atoms with Crippen LogP contribution in [0.25, 0.3) is 0 Å². The molecule has 0 heterocycles. The molecule has 0 aromatic carbocycles. The number of rotatable bonds is 16. The molecule has 8 heteroatoms. The number of halogens is 3. The Morgan fingerprint density at radius 2 is 1.40 bits per heavy atom. The third-order valence-corrected chi connectivity index (χ3v) is 6.54. The predicted molar refractivity (Wildman–Crippen MR) is 117 cm³/mol. The summed E-state index contributed by atoms with van der Waals surface area (Å²) in [7, 11) is -1.95. The number of carbonyl (C=O) groups excluding carboxylic acids is 1. The maximum absolute atomic E-state index is 13.8. The highest BCUT2D eigenvalue weighted by Gasteiger charge is 2.49. The number of hydrogen-bond donors (Lipinski definition) is 1. The van der Waals surface area contributed by atoms with Gasteiger partial charge in [0.25, 0.3) is 0 Å². The molecule has 0 saturated heterocycles. The zero-order chi connectivity index (χ0) is 23.2. The highest BCUT2D eigenvalue weighted by Crippen LogP contribution is 2.31. The monoisotopic (exact) mass is 457 g/mol. The number of carbonyl (C=O) groups is 1. The molecule has 0 unspecified atom stereocenters. The molecular weight excluding hydrogens is 415 g/mol. The van der Waals surface area contributed by atoms with Gasteiger partial charge in [-0.25, -0.2) is 8.93 Å². The standard InChI is InChI=1S/C22H42F3NO3S/c1-6-8-10-11-12-13-14-15-16-18(20(27)29-17-9-7-2)19(22(23,24)25)26-30(28)21(3,4)5/h18-19,26H,6-17H2,1-5H3/t18-,19-,30-/m1/s1. The van der Waals surface area contributed by atoms with Gasteiger partial charge < -0.3 is 4.74 Å². The minimum atomic E-state index is -4.70. The topological polar surface area (TPSA) is 55.4 Å². The molecule has 180 valence electrons. The van der Waals surface area contributed by atoms with Gasteiger partial charge in [0.15, 0.2) is 0 Å². The molecule has 0 rings (SSSR count). The van der Waals surface area contributed by atoms with E-state index in [1.165, 1.54) is 19.3 Å². The number of unbranched alkanes of at least 4 members (excludes halogenated alkanes) is 8. The summed E-state index contributed by atoms with van der Waals surface area (Å²) in [5.74, 6) is -2.25. The molecule has 1 N–H and O–H groups in total. The van der Waals surface area contributed by atoms with Crippen molar-refractivity contribution in [2.24, 2.45) is 5.92 Å². The zero-order valence-electron chi connectivity index (χ0n) is 19.4. The van der Waals surface area contributed by atoms with E-state index in [4.69, 9.17) is 4.74 Å². The second-order valence-corrected chi connectivity index (χ2v) is 10.9. The van der Waals surface area contributed by atoms with Crippen LogP contribution in [0.15, 0.2) is 0 Å². The molecule has 0 bridgehead atoms. The SMILES string of the molecule is CCCCCCCCCC[C@@H](C(=O)OCCCC)[C@@H](N[S@](=O)C(C)(C)C)C(F)(F)F. The number of nitrogens with one attached hydrogen (secondary N) is 1. The van der Waals surface area contributed by atoms with E-state index in [-0.39, 0.29) is 13.0 Å². The number of hydrogen-bond acceptors (Lipinski definition) is 3. The molecule has 0 fully saturated rings. The van der Waals surface area contributed by atoms with E-state index in [9.17, 15) is 22.2 Å². The van der Waals surface area contributed by atoms with Gasteiger partial charge in [-0.15, -0.1) is 0 Å². The average Bonchev–Trinajstić information content (AvgIpc) is 2.63. The number of esters is 1. The molecule has 30 heavy (non-hydrogen) atoms. The fourth-order valence-electron chi connectivity index (χ4n) is 3.01. The van der Waals surface area contributed by atoms with Crippen molar-refractivity contribution in [3.05, 3.63) is 0 Å². The molecule has 0 amide bonds. The minimum Gasteiger partial charge on any atom is -0.465 e. The summed E-state index contributed by atoms with van der Waals surface area (Å²) in [6.45, 7) is 8.95. The largest absolute Gasteiger partial charge is 0.465 e. The van der Waals surface area contributed by atoms with Gasteiger partial charge in [-0.1, -0.05) is 71.6 Å². The molecule has 0 radical (unpaired) electrons. The predicted octanol–water partition coefficient (Wildman–Crippen LogP) is 6.46. The lowest BCUT2D eigenvalue weighted by atomic mass is 9.93. The molecule has 3 atom stereocenters. The van der Waals surface area contributed by atoms with Crippen LogP contribution in [0.5, 0.6) is 0 Å². The van der Waals surface area contributed by atoms with Crippen LogP contribution in [0, 0.1) is 5.92 Å². The number of alkyl halides is 3. The molecule has 0 spiro atoms. The van der Waals surface area contributed by atoms with Gasteiger partial charge in [-0.2, -0.15) is 13.2 Å². The quantitative estimate of drug-likeness (QED) is 0.214. The fraction of sp³-hybridized carbons (Fsp3) is 0.955. The first-order valence-corrected chi connectivity index (χ1v) is 12.5. The van der Waals surface area contributed by atoms with Gasteiger partial charge in [0, 0.05) is 0 Å². The average molecular weight is 458 g/mol. The van der Waals surface area contributed by atoms with Crippen molar-refractivity contribution in [1.82, 2.24) is 4.72 Å². The summed E-state index contributed by atoms with van der Waals surface area (Å²) in [4.78, 5) is 12.5. The summed E-state index contributed by atoms with van der Waals surface area (Å²) in [6, 6.07) is -2.18. The molecule has 0 aliphatic carbocycles. The van der Waals surface area contributed by atoms with Crippen molar-refractivity contribution in [1.29, 1.82) is 0 Å². The highest BCUT2D eigenvalue weighted by molar-refractivity contribution is 7.84. The van der Waals surface area contributed by atoms with Gasteiger partial charge in [0.2, 0.25) is 0 Å². The van der Waals surface area contributed by atoms with Crippen molar-refractivity contribution >= 4 is 17.0 Å². The summed E-state index contributed by atoms with van der Waals surface area (Å²) in [5.41, 5.74) is 0. The van der Waals surface area contributed by atoms with Crippen molar-refractivity contribution in [2.45, 2.75) is 122 Å². The molecule has 0 aliphatic rings. The van der Waals surface area contributed by atoms with Crippen LogP contribution < -0.4 is 4.72 Å². The normalized spacial score (nSPS) is 15.6. The third-order valence-electron chi connectivity index (χ3n) is 4.96. The van der Waals surface area contributed by atoms with Gasteiger partial charge in [0.05, 0.1) is 28.3 Å². The van der Waals surface area contributed by atoms with E-state index < -0.39 is 39.8 Å². The van der Waals surface area contributed by atoms with E-state index in [1.807, 2.05) is 6.92 Å². The first-order valence-electron chi connectivity index (χ1n) is 11.4. The Labute approximate surface area is 183 Å². The second-order valence-electron chi connectivity index (χ2n) is 8.91. The maximum Gasteiger partial charge on any atom is 0.405 e. The lowest BCUT2D eigenvalue weighted by Crippen LogP contribution is -2.53. The molecular formula is C22H42F3NO3S. The molecule has 0 aromatic rings. The van der Waals surface area contributed by atoms with Crippen molar-refractivity contribution in [2.75, 3.05) is 6.61 Å². The van der Waals surface area contributed by atoms with Crippen LogP contribution in [0.4, 0.5) is 13.2 Å². The Morgan fingerprint density at radius 1 is 0.900 bits per heavy atom. The zero-order valence-corrected chi connectivity index (χ0v) is 20.2. The molecule has 4 nitrogen and oxygen atoms in total. The van der Waals surface area contributed by atoms with Crippen molar-refractivity contribution < 1.29 is 26.9 Å². The van der Waals surface area contributed by atoms with E-state index in [0.29, 0.717) is 12.8 Å². The number of ether oxygens (including phenoxy) is 1. The lowest BCUT2D eigenvalue weighted by Gasteiger charge is -2.30. The van der Waals surface area contributed by atoms with Crippen molar-refractivity contribution in [3.8, 4) is 0 Å². The first-order chi connectivity index (χ1) is 13.9. The summed E-state index contributed by atoms with van der Waals surface area (Å²) in [6.07, 6.45) is 4.73. The fourth-order valence-corrected chi connectivity index (χ4v) is 3.89. The molecule has 0 aliphatic heterocycles. The van der Waals surface area contributed by atoms with Gasteiger partial charge >= 0.3 is 12.1 Å². The van der Waals surface area contributed by atoms with Gasteiger partial charge in [0.1, 0.15) is 6.04 Å². The van der Waals surface area contributed by atoms with Crippen molar-refractivity contribution in [3.63, 3.8) is 0 Å². The van der Waals surface area contributed by atoms with Crippen LogP contribution in [-0.2, 0) is 20.5 Å². The van der Waals surface area contributed by atoms with Crippen LogP contribution >= 0.6 is 0 Å². The van der Waals surface area contributed by atoms with Crippen LogP contribution in [-0.4, -0.2) is 33.8 Å². The van der Waals surface area contributed by atoms with Crippen LogP contribution in [0.2, 0.25) is 0 Å². The first kappa shape index (κ1) is 29.4. The summed E-state index contributed by atoms with van der Waals surface area (Å²) in [5, 5.41) is 0. The van der Waals surface area contributed by atoms with E-state index in [2.05, 4.69) is 11.6 Å². The van der Waals surface area contributed by atoms with Gasteiger partial charge in [-0.05, 0) is 33.6 Å². The Hall–Kier alpha value is -0.630. The third kappa shape index (κ3) is 12.9. The summed E-state index contributed by atoms with van der Waals surface area (Å²) < 4.78 is 60.2. The van der Waals surface area contributed by atoms with E-state index in [0.717, 1.165) is 32.1 Å². The maximum atomic E-state index is 13.8. The van der Waals surface area contributed by atoms with Gasteiger partial charge in [-0.3, -0.25) is 4.79 Å². The van der Waals surface area contributed by atoms with E-state index in [1.54, 1.807) is 20.8 Å².